The number of aryl methyl sites for hydroxylation is 2. The molecule has 0 unspecified atom stereocenters. The molecule has 0 spiro atoms. The number of unbranched alkanes of at least 4 members (excludes halogenated alkanes) is 2. The Morgan fingerprint density at radius 2 is 1.50 bits per heavy atom. The van der Waals surface area contributed by atoms with Crippen molar-refractivity contribution in [2.24, 2.45) is 0 Å². The van der Waals surface area contributed by atoms with E-state index in [9.17, 15) is 4.79 Å². The van der Waals surface area contributed by atoms with Gasteiger partial charge >= 0.3 is 0 Å². The van der Waals surface area contributed by atoms with Crippen LogP contribution in [0.1, 0.15) is 101 Å². The number of carbonyl (C=O) groups excluding carboxylic acids is 1. The summed E-state index contributed by atoms with van der Waals surface area (Å²) >= 11 is 1.72. The number of fused-ring (bicyclic) bond motifs is 1. The summed E-state index contributed by atoms with van der Waals surface area (Å²) in [6.45, 7) is 6.93. The van der Waals surface area contributed by atoms with Crippen molar-refractivity contribution in [2.75, 3.05) is 25.0 Å². The van der Waals surface area contributed by atoms with Crippen LogP contribution in [0.25, 0.3) is 0 Å². The second-order valence-corrected chi connectivity index (χ2v) is 9.33. The maximum Gasteiger partial charge on any atom is 0.240 e. The van der Waals surface area contributed by atoms with Crippen molar-refractivity contribution in [2.45, 2.75) is 104 Å². The monoisotopic (exact) mass is 407 g/mol. The minimum atomic E-state index is 0.0944. The van der Waals surface area contributed by atoms with Gasteiger partial charge in [0, 0.05) is 4.88 Å². The van der Waals surface area contributed by atoms with E-state index >= 15 is 0 Å². The normalized spacial score (nSPS) is 16.2. The number of rotatable bonds is 9. The van der Waals surface area contributed by atoms with E-state index in [0.717, 1.165) is 43.9 Å². The van der Waals surface area contributed by atoms with Gasteiger partial charge in [-0.3, -0.25) is 9.69 Å². The van der Waals surface area contributed by atoms with Gasteiger partial charge in [-0.2, -0.15) is 0 Å². The Balaban J connectivity index is 1.92. The maximum absolute atomic E-state index is 12.6. The first-order valence-corrected chi connectivity index (χ1v) is 12.5. The summed E-state index contributed by atoms with van der Waals surface area (Å²) in [5, 5.41) is 3.92. The number of aromatic nitrogens is 1. The molecular weight excluding hydrogens is 366 g/mol. The first-order chi connectivity index (χ1) is 13.7. The lowest BCUT2D eigenvalue weighted by atomic mass is 10.0. The molecule has 0 saturated heterocycles. The van der Waals surface area contributed by atoms with E-state index in [1.807, 2.05) is 0 Å². The van der Waals surface area contributed by atoms with Gasteiger partial charge in [-0.25, -0.2) is 4.98 Å². The van der Waals surface area contributed by atoms with E-state index < -0.39 is 0 Å². The Hall–Kier alpha value is -0.940. The molecule has 0 saturated carbocycles. The van der Waals surface area contributed by atoms with Crippen LogP contribution in [0.2, 0.25) is 0 Å². The average molecular weight is 408 g/mol. The van der Waals surface area contributed by atoms with Crippen molar-refractivity contribution in [1.82, 2.24) is 9.88 Å². The molecular formula is C23H41N3OS. The minimum Gasteiger partial charge on any atom is -0.301 e. The second-order valence-electron chi connectivity index (χ2n) is 8.25. The molecule has 0 atom stereocenters. The molecule has 1 amide bonds. The smallest absolute Gasteiger partial charge is 0.240 e. The van der Waals surface area contributed by atoms with Gasteiger partial charge in [0.1, 0.15) is 0 Å². The maximum atomic E-state index is 12.6. The lowest BCUT2D eigenvalue weighted by molar-refractivity contribution is -0.117. The summed E-state index contributed by atoms with van der Waals surface area (Å²) in [5.41, 5.74) is 1.25. The number of carbonyl (C=O) groups is 1. The number of amides is 1. The molecule has 160 valence electrons. The molecule has 0 aromatic carbocycles. The Kier molecular flexibility index (Phi) is 11.8. The van der Waals surface area contributed by atoms with Gasteiger partial charge in [0.15, 0.2) is 5.13 Å². The van der Waals surface area contributed by atoms with E-state index in [1.54, 1.807) is 11.3 Å². The van der Waals surface area contributed by atoms with Crippen molar-refractivity contribution in [1.29, 1.82) is 0 Å². The number of thiazole rings is 1. The molecule has 1 heterocycles. The molecule has 5 heteroatoms. The third-order valence-corrected chi connectivity index (χ3v) is 6.69. The van der Waals surface area contributed by atoms with Crippen LogP contribution in [0.4, 0.5) is 5.13 Å². The standard InChI is InChI=1S/C23H41N3OS/c1-3-5-17-26(18-6-4-2)19-22(27)25-23-24-20-15-13-11-9-7-8-10-12-14-16-21(20)28-23/h3-19H2,1-2H3,(H,24,25,27). The van der Waals surface area contributed by atoms with E-state index in [2.05, 4.69) is 24.1 Å². The number of nitrogens with one attached hydrogen (secondary N) is 1. The van der Waals surface area contributed by atoms with Crippen LogP contribution in [0, 0.1) is 0 Å². The van der Waals surface area contributed by atoms with Gasteiger partial charge in [-0.1, -0.05) is 65.2 Å². The largest absolute Gasteiger partial charge is 0.301 e. The summed E-state index contributed by atoms with van der Waals surface area (Å²) in [5.74, 6) is 0.0944. The highest BCUT2D eigenvalue weighted by Crippen LogP contribution is 2.27. The average Bonchev–Trinajstić information content (AvgIpc) is 3.05. The van der Waals surface area contributed by atoms with E-state index in [0.29, 0.717) is 6.54 Å². The molecule has 1 aliphatic carbocycles. The number of nitrogens with zero attached hydrogens (tertiary/aromatic N) is 2. The molecule has 1 aromatic heterocycles. The summed E-state index contributed by atoms with van der Waals surface area (Å²) in [7, 11) is 0. The van der Waals surface area contributed by atoms with Crippen LogP contribution < -0.4 is 5.32 Å². The van der Waals surface area contributed by atoms with Gasteiger partial charge < -0.3 is 5.32 Å². The van der Waals surface area contributed by atoms with Crippen LogP contribution in [0.3, 0.4) is 0 Å². The van der Waals surface area contributed by atoms with Crippen LogP contribution >= 0.6 is 11.3 Å². The zero-order valence-corrected chi connectivity index (χ0v) is 19.0. The molecule has 1 N–H and O–H groups in total. The van der Waals surface area contributed by atoms with E-state index in [1.165, 1.54) is 74.8 Å². The number of hydrogen-bond donors (Lipinski definition) is 1. The van der Waals surface area contributed by atoms with Crippen molar-refractivity contribution in [3.63, 3.8) is 0 Å². The van der Waals surface area contributed by atoms with Crippen LogP contribution in [0.5, 0.6) is 0 Å². The molecule has 0 bridgehead atoms. The molecule has 2 rings (SSSR count). The topological polar surface area (TPSA) is 45.2 Å². The third-order valence-electron chi connectivity index (χ3n) is 5.62. The third kappa shape index (κ3) is 9.04. The zero-order valence-electron chi connectivity index (χ0n) is 18.2. The molecule has 0 fully saturated rings. The van der Waals surface area contributed by atoms with Crippen molar-refractivity contribution >= 4 is 22.4 Å². The van der Waals surface area contributed by atoms with E-state index in [4.69, 9.17) is 4.98 Å². The number of hydrogen-bond acceptors (Lipinski definition) is 4. The lowest BCUT2D eigenvalue weighted by Crippen LogP contribution is -2.34. The highest BCUT2D eigenvalue weighted by Gasteiger charge is 2.15. The zero-order chi connectivity index (χ0) is 20.0. The van der Waals surface area contributed by atoms with Crippen LogP contribution in [0.15, 0.2) is 0 Å². The second kappa shape index (κ2) is 14.1. The minimum absolute atomic E-state index is 0.0944. The first kappa shape index (κ1) is 23.3. The first-order valence-electron chi connectivity index (χ1n) is 11.7. The quantitative estimate of drug-likeness (QED) is 0.530. The fourth-order valence-corrected chi connectivity index (χ4v) is 4.93. The summed E-state index contributed by atoms with van der Waals surface area (Å²) in [4.78, 5) is 21.1. The highest BCUT2D eigenvalue weighted by atomic mass is 32.1. The molecule has 28 heavy (non-hydrogen) atoms. The van der Waals surface area contributed by atoms with Gasteiger partial charge in [0.25, 0.3) is 0 Å². The SMILES string of the molecule is CCCCN(CCCC)CC(=O)Nc1nc2c(s1)CCCCCCCCCC2. The van der Waals surface area contributed by atoms with Crippen molar-refractivity contribution < 1.29 is 4.79 Å². The highest BCUT2D eigenvalue weighted by molar-refractivity contribution is 7.15. The fourth-order valence-electron chi connectivity index (χ4n) is 3.86. The van der Waals surface area contributed by atoms with E-state index in [-0.39, 0.29) is 5.91 Å². The number of anilines is 1. The molecule has 1 aliphatic rings. The Bertz CT molecular complexity index is 521. The Morgan fingerprint density at radius 1 is 0.929 bits per heavy atom. The van der Waals surface area contributed by atoms with Gasteiger partial charge in [-0.15, -0.1) is 11.3 Å². The summed E-state index contributed by atoms with van der Waals surface area (Å²) in [6.07, 6.45) is 17.5. The van der Waals surface area contributed by atoms with Crippen LogP contribution in [-0.2, 0) is 17.6 Å². The fraction of sp³-hybridized carbons (Fsp3) is 0.826. The summed E-state index contributed by atoms with van der Waals surface area (Å²) < 4.78 is 0. The van der Waals surface area contributed by atoms with Crippen molar-refractivity contribution in [3.8, 4) is 0 Å². The lowest BCUT2D eigenvalue weighted by Gasteiger charge is -2.20. The molecule has 0 radical (unpaired) electrons. The van der Waals surface area contributed by atoms with Gasteiger partial charge in [-0.05, 0) is 51.6 Å². The van der Waals surface area contributed by atoms with Crippen molar-refractivity contribution in [3.05, 3.63) is 10.6 Å². The van der Waals surface area contributed by atoms with Gasteiger partial charge in [0.2, 0.25) is 5.91 Å². The predicted octanol–water partition coefficient (Wildman–Crippen LogP) is 6.20. The molecule has 0 aliphatic heterocycles. The Labute approximate surface area is 176 Å². The van der Waals surface area contributed by atoms with Gasteiger partial charge in [0.05, 0.1) is 12.2 Å². The summed E-state index contributed by atoms with van der Waals surface area (Å²) in [6, 6.07) is 0. The van der Waals surface area contributed by atoms with Crippen LogP contribution in [-0.4, -0.2) is 35.4 Å². The Morgan fingerprint density at radius 3 is 2.11 bits per heavy atom. The predicted molar refractivity (Wildman–Crippen MR) is 121 cm³/mol. The molecule has 1 aromatic rings. The molecule has 4 nitrogen and oxygen atoms in total.